The number of nitrogens with one attached hydrogen (secondary N) is 2. The molecule has 0 aromatic heterocycles. The van der Waals surface area contributed by atoms with Crippen LogP contribution in [0.15, 0.2) is 29.5 Å². The second-order valence-electron chi connectivity index (χ2n) is 8.11. The zero-order valence-corrected chi connectivity index (χ0v) is 20.6. The molecule has 1 heterocycles. The second kappa shape index (κ2) is 14.4. The van der Waals surface area contributed by atoms with Crippen molar-refractivity contribution >= 4 is 12.0 Å². The van der Waals surface area contributed by atoms with Crippen molar-refractivity contribution in [2.24, 2.45) is 0 Å². The molecule has 0 fully saturated rings. The molecule has 1 aromatic rings. The molecule has 2 rings (SSSR count). The molecule has 1 atom stereocenters. The fourth-order valence-corrected chi connectivity index (χ4v) is 3.93. The van der Waals surface area contributed by atoms with Crippen molar-refractivity contribution in [3.8, 4) is 11.5 Å². The second-order valence-corrected chi connectivity index (χ2v) is 8.11. The topological polar surface area (TPSA) is 85.9 Å². The number of carbonyl (C=O) groups excluding carboxylic acids is 2. The molecule has 0 saturated carbocycles. The third-order valence-electron chi connectivity index (χ3n) is 5.61. The Morgan fingerprint density at radius 3 is 2.30 bits per heavy atom. The van der Waals surface area contributed by atoms with Crippen molar-refractivity contribution in [1.82, 2.24) is 10.6 Å². The molecule has 0 radical (unpaired) electrons. The van der Waals surface area contributed by atoms with E-state index >= 15 is 0 Å². The van der Waals surface area contributed by atoms with E-state index in [9.17, 15) is 9.59 Å². The molecular formula is C26H40N2O5. The van der Waals surface area contributed by atoms with E-state index in [1.807, 2.05) is 32.0 Å². The zero-order valence-electron chi connectivity index (χ0n) is 20.6. The largest absolute Gasteiger partial charge is 0.490 e. The average molecular weight is 461 g/mol. The lowest BCUT2D eigenvalue weighted by atomic mass is 9.94. The predicted octanol–water partition coefficient (Wildman–Crippen LogP) is 5.80. The normalized spacial score (nSPS) is 15.6. The van der Waals surface area contributed by atoms with Crippen molar-refractivity contribution in [2.45, 2.75) is 85.1 Å². The Morgan fingerprint density at radius 2 is 1.64 bits per heavy atom. The number of unbranched alkanes of at least 4 members (excludes halogenated alkanes) is 6. The van der Waals surface area contributed by atoms with Gasteiger partial charge in [-0.15, -0.1) is 0 Å². The third kappa shape index (κ3) is 7.98. The van der Waals surface area contributed by atoms with Gasteiger partial charge >= 0.3 is 12.0 Å². The molecule has 7 heteroatoms. The van der Waals surface area contributed by atoms with Crippen LogP contribution in [0.3, 0.4) is 0 Å². The van der Waals surface area contributed by atoms with E-state index in [1.54, 1.807) is 6.92 Å². The van der Waals surface area contributed by atoms with E-state index in [4.69, 9.17) is 14.2 Å². The van der Waals surface area contributed by atoms with Crippen LogP contribution in [0.2, 0.25) is 0 Å². The first kappa shape index (κ1) is 26.6. The first-order chi connectivity index (χ1) is 16.0. The van der Waals surface area contributed by atoms with Gasteiger partial charge in [-0.2, -0.15) is 0 Å². The summed E-state index contributed by atoms with van der Waals surface area (Å²) in [7, 11) is 0. The summed E-state index contributed by atoms with van der Waals surface area (Å²) < 4.78 is 17.1. The first-order valence-electron chi connectivity index (χ1n) is 12.4. The number of hydrogen-bond donors (Lipinski definition) is 2. The highest BCUT2D eigenvalue weighted by Crippen LogP contribution is 2.35. The van der Waals surface area contributed by atoms with Gasteiger partial charge in [-0.25, -0.2) is 9.59 Å². The van der Waals surface area contributed by atoms with Crippen molar-refractivity contribution in [3.63, 3.8) is 0 Å². The van der Waals surface area contributed by atoms with Gasteiger partial charge in [0.2, 0.25) is 0 Å². The molecule has 0 saturated heterocycles. The van der Waals surface area contributed by atoms with Gasteiger partial charge in [-0.1, -0.05) is 58.4 Å². The van der Waals surface area contributed by atoms with Crippen LogP contribution in [0.5, 0.6) is 11.5 Å². The molecule has 1 aliphatic rings. The number of esters is 1. The van der Waals surface area contributed by atoms with Gasteiger partial charge in [-0.3, -0.25) is 0 Å². The summed E-state index contributed by atoms with van der Waals surface area (Å²) in [6, 6.07) is 4.59. The summed E-state index contributed by atoms with van der Waals surface area (Å²) in [6.45, 7) is 9.17. The van der Waals surface area contributed by atoms with Crippen molar-refractivity contribution in [2.75, 3.05) is 19.8 Å². The molecule has 0 bridgehead atoms. The number of allylic oxidation sites excluding steroid dienone is 1. The minimum absolute atomic E-state index is 0.259. The molecule has 184 valence electrons. The monoisotopic (exact) mass is 460 g/mol. The van der Waals surface area contributed by atoms with E-state index in [0.717, 1.165) is 18.4 Å². The van der Waals surface area contributed by atoms with Gasteiger partial charge in [0.05, 0.1) is 31.4 Å². The Balaban J connectivity index is 2.14. The van der Waals surface area contributed by atoms with E-state index in [-0.39, 0.29) is 12.6 Å². The number of urea groups is 1. The lowest BCUT2D eigenvalue weighted by molar-refractivity contribution is -0.139. The molecule has 0 aliphatic carbocycles. The maximum atomic E-state index is 12.7. The summed E-state index contributed by atoms with van der Waals surface area (Å²) >= 11 is 0. The summed E-state index contributed by atoms with van der Waals surface area (Å²) in [4.78, 5) is 24.9. The quantitative estimate of drug-likeness (QED) is 0.255. The van der Waals surface area contributed by atoms with Crippen LogP contribution in [0.4, 0.5) is 4.79 Å². The van der Waals surface area contributed by atoms with Gasteiger partial charge < -0.3 is 24.8 Å². The molecule has 2 N–H and O–H groups in total. The van der Waals surface area contributed by atoms with Crippen LogP contribution in [0, 0.1) is 0 Å². The van der Waals surface area contributed by atoms with Crippen LogP contribution in [0.1, 0.15) is 90.7 Å². The predicted molar refractivity (Wildman–Crippen MR) is 129 cm³/mol. The number of ether oxygens (including phenoxy) is 3. The van der Waals surface area contributed by atoms with E-state index in [2.05, 4.69) is 17.6 Å². The van der Waals surface area contributed by atoms with Crippen molar-refractivity contribution in [3.05, 3.63) is 35.0 Å². The fraction of sp³-hybridized carbons (Fsp3) is 0.615. The smallest absolute Gasteiger partial charge is 0.338 e. The molecule has 1 aromatic carbocycles. The maximum Gasteiger partial charge on any atom is 0.338 e. The Kier molecular flexibility index (Phi) is 11.6. The number of rotatable bonds is 15. The molecule has 2 amide bonds. The van der Waals surface area contributed by atoms with Gasteiger partial charge in [0.15, 0.2) is 11.5 Å². The summed E-state index contributed by atoms with van der Waals surface area (Å²) in [5, 5.41) is 5.59. The Bertz CT molecular complexity index is 806. The van der Waals surface area contributed by atoms with Gasteiger partial charge in [0.25, 0.3) is 0 Å². The lowest BCUT2D eigenvalue weighted by Gasteiger charge is -2.29. The number of hydrogen-bond acceptors (Lipinski definition) is 5. The lowest BCUT2D eigenvalue weighted by Crippen LogP contribution is -2.45. The SMILES string of the molecule is CCCCCCCCCOc1ccc(C2NC(=O)NC(CC)=C2C(=O)OCC)cc1OCC. The average Bonchev–Trinajstić information content (AvgIpc) is 2.81. The van der Waals surface area contributed by atoms with Crippen LogP contribution in [-0.2, 0) is 9.53 Å². The Hall–Kier alpha value is -2.70. The van der Waals surface area contributed by atoms with Crippen molar-refractivity contribution in [1.29, 1.82) is 0 Å². The molecule has 1 unspecified atom stereocenters. The highest BCUT2D eigenvalue weighted by molar-refractivity contribution is 5.95. The van der Waals surface area contributed by atoms with E-state index in [0.29, 0.717) is 42.4 Å². The van der Waals surface area contributed by atoms with Crippen LogP contribution < -0.4 is 20.1 Å². The van der Waals surface area contributed by atoms with Gasteiger partial charge in [0.1, 0.15) is 0 Å². The van der Waals surface area contributed by atoms with Crippen LogP contribution in [-0.4, -0.2) is 31.8 Å². The van der Waals surface area contributed by atoms with Gasteiger partial charge in [0, 0.05) is 5.70 Å². The van der Waals surface area contributed by atoms with Crippen LogP contribution in [0.25, 0.3) is 0 Å². The molecular weight excluding hydrogens is 420 g/mol. The van der Waals surface area contributed by atoms with Gasteiger partial charge in [-0.05, 0) is 44.4 Å². The van der Waals surface area contributed by atoms with E-state index in [1.165, 1.54) is 32.1 Å². The fourth-order valence-electron chi connectivity index (χ4n) is 3.93. The zero-order chi connectivity index (χ0) is 24.1. The maximum absolute atomic E-state index is 12.7. The third-order valence-corrected chi connectivity index (χ3v) is 5.61. The number of benzene rings is 1. The minimum atomic E-state index is -0.621. The molecule has 1 aliphatic heterocycles. The molecule has 33 heavy (non-hydrogen) atoms. The van der Waals surface area contributed by atoms with Crippen molar-refractivity contribution < 1.29 is 23.8 Å². The highest BCUT2D eigenvalue weighted by Gasteiger charge is 2.33. The highest BCUT2D eigenvalue weighted by atomic mass is 16.5. The molecule has 7 nitrogen and oxygen atoms in total. The Morgan fingerprint density at radius 1 is 0.909 bits per heavy atom. The Labute approximate surface area is 198 Å². The standard InChI is InChI=1S/C26H40N2O5/c1-5-9-10-11-12-13-14-17-33-21-16-15-19(18-22(21)31-7-3)24-23(25(29)32-8-4)20(6-2)27-26(30)28-24/h15-16,18,24H,5-14,17H2,1-4H3,(H2,27,28,30). The van der Waals surface area contributed by atoms with E-state index < -0.39 is 12.0 Å². The number of amides is 2. The summed E-state index contributed by atoms with van der Waals surface area (Å²) in [5.41, 5.74) is 1.73. The molecule has 0 spiro atoms. The number of carbonyl (C=O) groups is 2. The summed E-state index contributed by atoms with van der Waals surface area (Å²) in [6.07, 6.45) is 9.06. The first-order valence-corrected chi connectivity index (χ1v) is 12.4. The minimum Gasteiger partial charge on any atom is -0.490 e. The summed E-state index contributed by atoms with van der Waals surface area (Å²) in [5.74, 6) is 0.834. The van der Waals surface area contributed by atoms with Crippen LogP contribution >= 0.6 is 0 Å².